The Morgan fingerprint density at radius 1 is 1.10 bits per heavy atom. The summed E-state index contributed by atoms with van der Waals surface area (Å²) in [5.41, 5.74) is -0.0929. The lowest BCUT2D eigenvalue weighted by Crippen LogP contribution is -2.57. The number of hydrogen-bond acceptors (Lipinski definition) is 3. The van der Waals surface area contributed by atoms with Crippen molar-refractivity contribution in [1.82, 2.24) is 0 Å². The highest BCUT2D eigenvalue weighted by Crippen LogP contribution is 2.60. The molecule has 3 fully saturated rings. The predicted molar refractivity (Wildman–Crippen MR) is 78.6 cm³/mol. The van der Waals surface area contributed by atoms with E-state index in [1.54, 1.807) is 6.08 Å². The van der Waals surface area contributed by atoms with E-state index in [4.69, 9.17) is 0 Å². The Morgan fingerprint density at radius 3 is 2.71 bits per heavy atom. The van der Waals surface area contributed by atoms with Gasteiger partial charge in [0.05, 0.1) is 5.60 Å². The quantitative estimate of drug-likeness (QED) is 0.745. The molecule has 0 heterocycles. The first kappa shape index (κ1) is 13.7. The molecule has 4 rings (SSSR count). The Balaban J connectivity index is 1.78. The summed E-state index contributed by atoms with van der Waals surface area (Å²) < 4.78 is 0. The molecular weight excluding hydrogens is 264 g/mol. The number of ketones is 2. The van der Waals surface area contributed by atoms with E-state index >= 15 is 0 Å². The van der Waals surface area contributed by atoms with Gasteiger partial charge in [-0.15, -0.1) is 0 Å². The first-order valence-electron chi connectivity index (χ1n) is 8.47. The zero-order chi connectivity index (χ0) is 14.8. The highest BCUT2D eigenvalue weighted by atomic mass is 16.3. The molecule has 0 saturated heterocycles. The standard InChI is InChI=1S/C18H24O3/c1-17-9-7-13-16(12(17)5-6-15(17)20)14(19)10-11-4-2-3-8-18(11,13)21/h10,12-13,16,21H,2-9H2,1H3/t12-,13-,16-,17-,18+/m0/s1. The Kier molecular flexibility index (Phi) is 2.79. The van der Waals surface area contributed by atoms with Crippen LogP contribution in [0.1, 0.15) is 58.3 Å². The molecule has 3 nitrogen and oxygen atoms in total. The highest BCUT2D eigenvalue weighted by molar-refractivity contribution is 5.97. The molecule has 0 aromatic carbocycles. The van der Waals surface area contributed by atoms with E-state index in [2.05, 4.69) is 6.92 Å². The number of rotatable bonds is 0. The molecule has 4 aliphatic carbocycles. The molecule has 3 heteroatoms. The first-order valence-corrected chi connectivity index (χ1v) is 8.47. The summed E-state index contributed by atoms with van der Waals surface area (Å²) >= 11 is 0. The smallest absolute Gasteiger partial charge is 0.159 e. The summed E-state index contributed by atoms with van der Waals surface area (Å²) in [4.78, 5) is 25.0. The topological polar surface area (TPSA) is 54.4 Å². The van der Waals surface area contributed by atoms with Gasteiger partial charge < -0.3 is 5.11 Å². The molecule has 21 heavy (non-hydrogen) atoms. The van der Waals surface area contributed by atoms with E-state index in [9.17, 15) is 14.7 Å². The second-order valence-corrected chi connectivity index (χ2v) is 7.86. The molecule has 3 saturated carbocycles. The van der Waals surface area contributed by atoms with Crippen molar-refractivity contribution in [2.45, 2.75) is 63.9 Å². The summed E-state index contributed by atoms with van der Waals surface area (Å²) in [5.74, 6) is 0.604. The fourth-order valence-corrected chi connectivity index (χ4v) is 5.82. The monoisotopic (exact) mass is 288 g/mol. The minimum Gasteiger partial charge on any atom is -0.385 e. The molecule has 0 bridgehead atoms. The fraction of sp³-hybridized carbons (Fsp3) is 0.778. The van der Waals surface area contributed by atoms with Gasteiger partial charge in [0.1, 0.15) is 5.78 Å². The van der Waals surface area contributed by atoms with Crippen molar-refractivity contribution in [3.05, 3.63) is 11.6 Å². The van der Waals surface area contributed by atoms with Gasteiger partial charge in [0.15, 0.2) is 5.78 Å². The third-order valence-electron chi connectivity index (χ3n) is 7.05. The van der Waals surface area contributed by atoms with Crippen molar-refractivity contribution < 1.29 is 14.7 Å². The second kappa shape index (κ2) is 4.28. The number of fused-ring (bicyclic) bond motifs is 5. The van der Waals surface area contributed by atoms with Gasteiger partial charge in [-0.25, -0.2) is 0 Å². The Bertz CT molecular complexity index is 549. The minimum atomic E-state index is -0.760. The van der Waals surface area contributed by atoms with Gasteiger partial charge in [0.2, 0.25) is 0 Å². The average molecular weight is 288 g/mol. The van der Waals surface area contributed by atoms with Gasteiger partial charge in [-0.05, 0) is 62.5 Å². The largest absolute Gasteiger partial charge is 0.385 e. The lowest BCUT2D eigenvalue weighted by Gasteiger charge is -2.54. The molecule has 0 aromatic heterocycles. The van der Waals surface area contributed by atoms with Crippen LogP contribution in [0, 0.1) is 23.2 Å². The molecule has 0 unspecified atom stereocenters. The Labute approximate surface area is 125 Å². The molecule has 0 spiro atoms. The van der Waals surface area contributed by atoms with Crippen LogP contribution in [0.15, 0.2) is 11.6 Å². The van der Waals surface area contributed by atoms with Crippen molar-refractivity contribution in [3.8, 4) is 0 Å². The zero-order valence-electron chi connectivity index (χ0n) is 12.7. The molecule has 114 valence electrons. The molecule has 1 N–H and O–H groups in total. The maximum absolute atomic E-state index is 12.7. The minimum absolute atomic E-state index is 0.0503. The number of aliphatic hydroxyl groups is 1. The van der Waals surface area contributed by atoms with Gasteiger partial charge in [0.25, 0.3) is 0 Å². The zero-order valence-corrected chi connectivity index (χ0v) is 12.7. The Morgan fingerprint density at radius 2 is 1.90 bits per heavy atom. The van der Waals surface area contributed by atoms with Crippen LogP contribution >= 0.6 is 0 Å². The van der Waals surface area contributed by atoms with Gasteiger partial charge in [-0.2, -0.15) is 0 Å². The molecule has 5 atom stereocenters. The first-order chi connectivity index (χ1) is 9.97. The molecule has 0 amide bonds. The van der Waals surface area contributed by atoms with Gasteiger partial charge in [-0.1, -0.05) is 6.92 Å². The number of allylic oxidation sites excluding steroid dienone is 1. The van der Waals surface area contributed by atoms with Gasteiger partial charge in [-0.3, -0.25) is 9.59 Å². The van der Waals surface area contributed by atoms with Crippen LogP contribution in [0.2, 0.25) is 0 Å². The lowest BCUT2D eigenvalue weighted by molar-refractivity contribution is -0.146. The Hall–Kier alpha value is -0.960. The molecule has 0 aliphatic heterocycles. The van der Waals surface area contributed by atoms with Crippen molar-refractivity contribution in [2.75, 3.05) is 0 Å². The fourth-order valence-electron chi connectivity index (χ4n) is 5.82. The predicted octanol–water partition coefficient (Wildman–Crippen LogP) is 2.81. The summed E-state index contributed by atoms with van der Waals surface area (Å²) in [5, 5.41) is 11.3. The van der Waals surface area contributed by atoms with E-state index in [0.29, 0.717) is 12.2 Å². The van der Waals surface area contributed by atoms with Crippen LogP contribution in [-0.4, -0.2) is 22.3 Å². The summed E-state index contributed by atoms with van der Waals surface area (Å²) in [6, 6.07) is 0. The summed E-state index contributed by atoms with van der Waals surface area (Å²) in [7, 11) is 0. The second-order valence-electron chi connectivity index (χ2n) is 7.86. The van der Waals surface area contributed by atoms with Crippen LogP contribution in [0.5, 0.6) is 0 Å². The highest BCUT2D eigenvalue weighted by Gasteiger charge is 2.61. The average Bonchev–Trinajstić information content (AvgIpc) is 2.76. The van der Waals surface area contributed by atoms with E-state index in [-0.39, 0.29) is 29.0 Å². The van der Waals surface area contributed by atoms with Crippen LogP contribution in [-0.2, 0) is 9.59 Å². The van der Waals surface area contributed by atoms with Crippen molar-refractivity contribution >= 4 is 11.6 Å². The number of Topliss-reactive ketones (excluding diaryl/α,β-unsaturated/α-hetero) is 1. The maximum atomic E-state index is 12.7. The van der Waals surface area contributed by atoms with Crippen LogP contribution in [0.4, 0.5) is 0 Å². The summed E-state index contributed by atoms with van der Waals surface area (Å²) in [6.45, 7) is 2.06. The summed E-state index contributed by atoms with van der Waals surface area (Å²) in [6.07, 6.45) is 8.66. The molecule has 0 radical (unpaired) electrons. The third kappa shape index (κ3) is 1.64. The maximum Gasteiger partial charge on any atom is 0.159 e. The van der Waals surface area contributed by atoms with Gasteiger partial charge in [0, 0.05) is 23.7 Å². The van der Waals surface area contributed by atoms with E-state index in [1.165, 1.54) is 0 Å². The van der Waals surface area contributed by atoms with Crippen molar-refractivity contribution in [3.63, 3.8) is 0 Å². The van der Waals surface area contributed by atoms with Crippen LogP contribution < -0.4 is 0 Å². The van der Waals surface area contributed by atoms with E-state index in [1.807, 2.05) is 0 Å². The lowest BCUT2D eigenvalue weighted by atomic mass is 9.51. The number of carbonyl (C=O) groups is 2. The molecular formula is C18H24O3. The van der Waals surface area contributed by atoms with Gasteiger partial charge >= 0.3 is 0 Å². The normalized spacial score (nSPS) is 49.2. The molecule has 4 aliphatic rings. The third-order valence-corrected chi connectivity index (χ3v) is 7.05. The number of hydrogen-bond donors (Lipinski definition) is 1. The van der Waals surface area contributed by atoms with E-state index in [0.717, 1.165) is 50.5 Å². The van der Waals surface area contributed by atoms with Crippen LogP contribution in [0.25, 0.3) is 0 Å². The molecule has 0 aromatic rings. The van der Waals surface area contributed by atoms with Crippen molar-refractivity contribution in [1.29, 1.82) is 0 Å². The van der Waals surface area contributed by atoms with Crippen LogP contribution in [0.3, 0.4) is 0 Å². The van der Waals surface area contributed by atoms with E-state index < -0.39 is 5.60 Å². The SMILES string of the molecule is C[C@]12CC[C@H]3[C@@H](C(=O)C=C4CCCC[C@@]43O)[C@@H]1CCC2=O. The number of carbonyl (C=O) groups excluding carboxylic acids is 2. The van der Waals surface area contributed by atoms with Crippen molar-refractivity contribution in [2.24, 2.45) is 23.2 Å².